The standard InChI is InChI=1S/C9HN5/c10-2-7(3-11)1-8(4-12)9(5-13)6-14/h1H. The minimum atomic E-state index is -0.421. The van der Waals surface area contributed by atoms with Crippen molar-refractivity contribution in [1.29, 1.82) is 26.3 Å². The molecule has 0 saturated heterocycles. The molecular weight excluding hydrogens is 178 g/mol. The van der Waals surface area contributed by atoms with Crippen LogP contribution in [0.3, 0.4) is 0 Å². The number of allylic oxidation sites excluding steroid dienone is 4. The van der Waals surface area contributed by atoms with Crippen molar-refractivity contribution in [2.45, 2.75) is 0 Å². The van der Waals surface area contributed by atoms with E-state index in [9.17, 15) is 0 Å². The van der Waals surface area contributed by atoms with Crippen LogP contribution >= 0.6 is 0 Å². The summed E-state index contributed by atoms with van der Waals surface area (Å²) in [4.78, 5) is 0. The van der Waals surface area contributed by atoms with Crippen molar-refractivity contribution < 1.29 is 0 Å². The Labute approximate surface area is 80.2 Å². The summed E-state index contributed by atoms with van der Waals surface area (Å²) in [7, 11) is 0. The second-order valence-corrected chi connectivity index (χ2v) is 1.91. The fourth-order valence-electron chi connectivity index (χ4n) is 0.540. The predicted octanol–water partition coefficient (Wildman–Crippen LogP) is 0.827. The van der Waals surface area contributed by atoms with Crippen molar-refractivity contribution in [3.05, 3.63) is 22.8 Å². The molecule has 0 radical (unpaired) electrons. The van der Waals surface area contributed by atoms with E-state index < -0.39 is 5.57 Å². The van der Waals surface area contributed by atoms with Gasteiger partial charge in [0.05, 0.1) is 5.57 Å². The van der Waals surface area contributed by atoms with Crippen LogP contribution in [0.4, 0.5) is 0 Å². The first-order chi connectivity index (χ1) is 6.73. The zero-order chi connectivity index (χ0) is 11.0. The third kappa shape index (κ3) is 2.52. The molecule has 0 spiro atoms. The molecule has 0 aromatic rings. The first-order valence-electron chi connectivity index (χ1n) is 3.20. The van der Waals surface area contributed by atoms with Crippen LogP contribution in [0.2, 0.25) is 0 Å². The molecule has 0 unspecified atom stereocenters. The van der Waals surface area contributed by atoms with Gasteiger partial charge >= 0.3 is 0 Å². The van der Waals surface area contributed by atoms with Gasteiger partial charge in [-0.1, -0.05) is 0 Å². The van der Waals surface area contributed by atoms with Gasteiger partial charge in [0.1, 0.15) is 41.5 Å². The Balaban J connectivity index is 5.56. The van der Waals surface area contributed by atoms with Crippen LogP contribution < -0.4 is 0 Å². The van der Waals surface area contributed by atoms with E-state index >= 15 is 0 Å². The average molecular weight is 179 g/mol. The molecule has 14 heavy (non-hydrogen) atoms. The number of hydrogen-bond acceptors (Lipinski definition) is 5. The molecule has 0 atom stereocenters. The zero-order valence-electron chi connectivity index (χ0n) is 6.81. The molecular formula is C9HN5. The molecule has 0 rings (SSSR count). The van der Waals surface area contributed by atoms with Crippen molar-refractivity contribution in [1.82, 2.24) is 0 Å². The van der Waals surface area contributed by atoms with Gasteiger partial charge in [-0.3, -0.25) is 0 Å². The Morgan fingerprint density at radius 2 is 1.21 bits per heavy atom. The van der Waals surface area contributed by atoms with Gasteiger partial charge in [-0.05, 0) is 6.08 Å². The molecule has 0 heterocycles. The Hall–Kier alpha value is -3.07. The van der Waals surface area contributed by atoms with Crippen LogP contribution in [-0.4, -0.2) is 0 Å². The van der Waals surface area contributed by atoms with E-state index in [1.54, 1.807) is 6.07 Å². The van der Waals surface area contributed by atoms with E-state index in [-0.39, 0.29) is 11.1 Å². The molecule has 0 saturated carbocycles. The minimum absolute atomic E-state index is 0.284. The summed E-state index contributed by atoms with van der Waals surface area (Å²) in [6, 6.07) is 7.57. The monoisotopic (exact) mass is 179 g/mol. The molecule has 5 nitrogen and oxygen atoms in total. The highest BCUT2D eigenvalue weighted by atomic mass is 14.3. The second kappa shape index (κ2) is 5.56. The normalized spacial score (nSPS) is 6.21. The minimum Gasteiger partial charge on any atom is -0.192 e. The summed E-state index contributed by atoms with van der Waals surface area (Å²) in [5, 5.41) is 42.1. The fraction of sp³-hybridized carbons (Fsp3) is 0. The van der Waals surface area contributed by atoms with Crippen LogP contribution in [0.1, 0.15) is 0 Å². The summed E-state index contributed by atoms with van der Waals surface area (Å²) in [5.41, 5.74) is -1.03. The third-order valence-corrected chi connectivity index (χ3v) is 1.14. The molecule has 0 amide bonds. The summed E-state index contributed by atoms with van der Waals surface area (Å²) in [6.45, 7) is 0. The molecule has 0 fully saturated rings. The van der Waals surface area contributed by atoms with Crippen molar-refractivity contribution in [3.8, 4) is 30.3 Å². The van der Waals surface area contributed by atoms with Gasteiger partial charge in [0.25, 0.3) is 0 Å². The Morgan fingerprint density at radius 3 is 1.50 bits per heavy atom. The van der Waals surface area contributed by atoms with E-state index in [0.29, 0.717) is 0 Å². The maximum absolute atomic E-state index is 8.53. The molecule has 0 aliphatic heterocycles. The fourth-order valence-corrected chi connectivity index (χ4v) is 0.540. The smallest absolute Gasteiger partial charge is 0.147 e. The van der Waals surface area contributed by atoms with Crippen LogP contribution in [0.5, 0.6) is 0 Å². The third-order valence-electron chi connectivity index (χ3n) is 1.14. The predicted molar refractivity (Wildman–Crippen MR) is 43.2 cm³/mol. The van der Waals surface area contributed by atoms with Gasteiger partial charge in [0, 0.05) is 0 Å². The van der Waals surface area contributed by atoms with E-state index in [1.807, 2.05) is 0 Å². The SMILES string of the molecule is N#CC(C#N)=CC(C#N)=C(C#N)C#N. The van der Waals surface area contributed by atoms with Gasteiger partial charge in [-0.15, -0.1) is 0 Å². The second-order valence-electron chi connectivity index (χ2n) is 1.91. The van der Waals surface area contributed by atoms with Crippen LogP contribution in [0.15, 0.2) is 22.8 Å². The lowest BCUT2D eigenvalue weighted by Gasteiger charge is -1.85. The molecule has 62 valence electrons. The van der Waals surface area contributed by atoms with Gasteiger partial charge in [-0.2, -0.15) is 26.3 Å². The lowest BCUT2D eigenvalue weighted by atomic mass is 10.1. The molecule has 0 aromatic heterocycles. The van der Waals surface area contributed by atoms with Crippen molar-refractivity contribution in [2.75, 3.05) is 0 Å². The number of hydrogen-bond donors (Lipinski definition) is 0. The first-order valence-corrected chi connectivity index (χ1v) is 3.20. The molecule has 0 N–H and O–H groups in total. The van der Waals surface area contributed by atoms with E-state index in [0.717, 1.165) is 6.08 Å². The van der Waals surface area contributed by atoms with Gasteiger partial charge < -0.3 is 0 Å². The molecule has 0 aromatic carbocycles. The van der Waals surface area contributed by atoms with E-state index in [4.69, 9.17) is 26.3 Å². The maximum atomic E-state index is 8.53. The molecule has 0 aliphatic carbocycles. The largest absolute Gasteiger partial charge is 0.192 e. The Morgan fingerprint density at radius 1 is 0.714 bits per heavy atom. The van der Waals surface area contributed by atoms with E-state index in [2.05, 4.69) is 0 Å². The Bertz CT molecular complexity index is 470. The highest BCUT2D eigenvalue weighted by Gasteiger charge is 2.04. The summed E-state index contributed by atoms with van der Waals surface area (Å²) in [6.07, 6.45) is 0.905. The highest BCUT2D eigenvalue weighted by molar-refractivity contribution is 5.55. The summed E-state index contributed by atoms with van der Waals surface area (Å²) in [5.74, 6) is 0. The van der Waals surface area contributed by atoms with Crippen molar-refractivity contribution in [2.24, 2.45) is 0 Å². The van der Waals surface area contributed by atoms with E-state index in [1.165, 1.54) is 24.3 Å². The maximum Gasteiger partial charge on any atom is 0.147 e. The lowest BCUT2D eigenvalue weighted by molar-refractivity contribution is 1.41. The van der Waals surface area contributed by atoms with Crippen LogP contribution in [0, 0.1) is 56.7 Å². The van der Waals surface area contributed by atoms with Gasteiger partial charge in [0.15, 0.2) is 0 Å². The topological polar surface area (TPSA) is 119 Å². The number of nitriles is 5. The van der Waals surface area contributed by atoms with Crippen LogP contribution in [-0.2, 0) is 0 Å². The number of nitrogens with zero attached hydrogens (tertiary/aromatic N) is 5. The zero-order valence-corrected chi connectivity index (χ0v) is 6.81. The van der Waals surface area contributed by atoms with Gasteiger partial charge in [-0.25, -0.2) is 0 Å². The van der Waals surface area contributed by atoms with Gasteiger partial charge in [0.2, 0.25) is 0 Å². The average Bonchev–Trinajstić information content (AvgIpc) is 2.24. The number of rotatable bonds is 1. The highest BCUT2D eigenvalue weighted by Crippen LogP contribution is 2.06. The quantitative estimate of drug-likeness (QED) is 0.436. The van der Waals surface area contributed by atoms with Crippen LogP contribution in [0.25, 0.3) is 0 Å². The summed E-state index contributed by atoms with van der Waals surface area (Å²) >= 11 is 0. The Kier molecular flexibility index (Phi) is 4.34. The van der Waals surface area contributed by atoms with Crippen molar-refractivity contribution >= 4 is 0 Å². The molecule has 0 bridgehead atoms. The van der Waals surface area contributed by atoms with Crippen molar-refractivity contribution in [3.63, 3.8) is 0 Å². The summed E-state index contributed by atoms with van der Waals surface area (Å²) < 4.78 is 0. The molecule has 0 aliphatic rings. The molecule has 5 heteroatoms. The lowest BCUT2D eigenvalue weighted by Crippen LogP contribution is -1.83. The first kappa shape index (κ1) is 10.9.